The number of nitrogens with one attached hydrogen (secondary N) is 1. The van der Waals surface area contributed by atoms with E-state index >= 15 is 0 Å². The number of hydrogen-bond donors (Lipinski definition) is 2. The number of nitrogens with two attached hydrogens (primary N) is 1. The summed E-state index contributed by atoms with van der Waals surface area (Å²) in [6.45, 7) is -0.685. The average Bonchev–Trinajstić information content (AvgIpc) is 3.08. The topological polar surface area (TPSA) is 74.3 Å². The van der Waals surface area contributed by atoms with Crippen molar-refractivity contribution >= 4 is 54.3 Å². The van der Waals surface area contributed by atoms with Crippen LogP contribution in [0, 0.1) is 0 Å². The molecule has 0 amide bonds. The summed E-state index contributed by atoms with van der Waals surface area (Å²) >= 11 is 6.62. The third-order valence-electron chi connectivity index (χ3n) is 5.49. The fourth-order valence-corrected chi connectivity index (χ4v) is 4.32. The standard InChI is InChI=1S/C14H14BrF3N2O.C9H10BrF3N2O/c15-10-4-5-11-12(8-10)20(6-7-21-14(16,17)18)13(19-11)9-2-1-3-9;10-6-1-2-7(14)8(5-6)15-3-4-16-9(11,12)13/h4-5,8-9H,1-3,6-7H2;1-2,5,15H,3-4,14H2. The highest BCUT2D eigenvalue weighted by Gasteiger charge is 2.30. The number of hydrogen-bond acceptors (Lipinski definition) is 5. The maximum absolute atomic E-state index is 12.1. The number of benzene rings is 2. The summed E-state index contributed by atoms with van der Waals surface area (Å²) in [5.74, 6) is 1.22. The van der Waals surface area contributed by atoms with Gasteiger partial charge in [0.05, 0.1) is 35.6 Å². The molecule has 1 aliphatic rings. The highest BCUT2D eigenvalue weighted by molar-refractivity contribution is 9.10. The van der Waals surface area contributed by atoms with E-state index < -0.39 is 25.9 Å². The van der Waals surface area contributed by atoms with Gasteiger partial charge in [0.15, 0.2) is 0 Å². The van der Waals surface area contributed by atoms with E-state index in [9.17, 15) is 26.3 Å². The van der Waals surface area contributed by atoms with Gasteiger partial charge in [-0.15, -0.1) is 26.3 Å². The zero-order chi connectivity index (χ0) is 27.2. The quantitative estimate of drug-likeness (QED) is 0.148. The smallest absolute Gasteiger partial charge is 0.397 e. The molecule has 2 aromatic carbocycles. The normalized spacial score (nSPS) is 14.3. The van der Waals surface area contributed by atoms with Crippen LogP contribution in [0.15, 0.2) is 45.3 Å². The minimum Gasteiger partial charge on any atom is -0.397 e. The van der Waals surface area contributed by atoms with Crippen molar-refractivity contribution < 1.29 is 35.8 Å². The van der Waals surface area contributed by atoms with E-state index in [1.807, 2.05) is 22.8 Å². The molecule has 0 bridgehead atoms. The monoisotopic (exact) mass is 660 g/mol. The Morgan fingerprint density at radius 1 is 0.946 bits per heavy atom. The van der Waals surface area contributed by atoms with Gasteiger partial charge in [0, 0.05) is 28.0 Å². The number of fused-ring (bicyclic) bond motifs is 1. The Hall–Kier alpha value is -2.03. The molecule has 0 spiro atoms. The molecule has 37 heavy (non-hydrogen) atoms. The summed E-state index contributed by atoms with van der Waals surface area (Å²) in [7, 11) is 0. The fourth-order valence-electron chi connectivity index (χ4n) is 3.61. The van der Waals surface area contributed by atoms with E-state index in [1.54, 1.807) is 18.2 Å². The second kappa shape index (κ2) is 12.7. The maximum Gasteiger partial charge on any atom is 0.522 e. The highest BCUT2D eigenvalue weighted by atomic mass is 79.9. The molecule has 1 heterocycles. The van der Waals surface area contributed by atoms with Crippen molar-refractivity contribution in [2.75, 3.05) is 30.8 Å². The van der Waals surface area contributed by atoms with Crippen LogP contribution in [0.4, 0.5) is 37.7 Å². The van der Waals surface area contributed by atoms with Crippen molar-refractivity contribution in [1.82, 2.24) is 9.55 Å². The zero-order valence-corrected chi connectivity index (χ0v) is 22.5. The molecule has 14 heteroatoms. The van der Waals surface area contributed by atoms with Gasteiger partial charge in [-0.25, -0.2) is 4.98 Å². The van der Waals surface area contributed by atoms with Gasteiger partial charge in [0.1, 0.15) is 5.82 Å². The highest BCUT2D eigenvalue weighted by Crippen LogP contribution is 2.37. The Kier molecular flexibility index (Phi) is 10.1. The Morgan fingerprint density at radius 2 is 1.57 bits per heavy atom. The SMILES string of the molecule is FC(F)(F)OCCn1c(C2CCC2)nc2ccc(Br)cc21.Nc1ccc(Br)cc1NCCOC(F)(F)F. The lowest BCUT2D eigenvalue weighted by Gasteiger charge is -2.25. The van der Waals surface area contributed by atoms with Gasteiger partial charge >= 0.3 is 12.7 Å². The Balaban J connectivity index is 0.000000214. The van der Waals surface area contributed by atoms with Crippen LogP contribution in [0.1, 0.15) is 31.0 Å². The van der Waals surface area contributed by atoms with Crippen molar-refractivity contribution in [2.24, 2.45) is 0 Å². The van der Waals surface area contributed by atoms with E-state index in [0.717, 1.165) is 45.1 Å². The van der Waals surface area contributed by atoms with E-state index in [4.69, 9.17) is 5.73 Å². The molecular weight excluding hydrogens is 638 g/mol. The molecule has 1 fully saturated rings. The van der Waals surface area contributed by atoms with Crippen LogP contribution in [0.25, 0.3) is 11.0 Å². The number of nitrogens with zero attached hydrogens (tertiary/aromatic N) is 2. The van der Waals surface area contributed by atoms with Crippen molar-refractivity contribution in [3.05, 3.63) is 51.2 Å². The first-order chi connectivity index (χ1) is 17.3. The minimum atomic E-state index is -4.59. The van der Waals surface area contributed by atoms with E-state index in [-0.39, 0.29) is 13.1 Å². The van der Waals surface area contributed by atoms with Gasteiger partial charge in [0.2, 0.25) is 0 Å². The van der Waals surface area contributed by atoms with Gasteiger partial charge in [-0.05, 0) is 49.2 Å². The first-order valence-corrected chi connectivity index (χ1v) is 12.8. The molecule has 3 N–H and O–H groups in total. The molecule has 3 aromatic rings. The number of alkyl halides is 6. The van der Waals surface area contributed by atoms with Gasteiger partial charge in [0.25, 0.3) is 0 Å². The number of rotatable bonds is 8. The van der Waals surface area contributed by atoms with E-state index in [0.29, 0.717) is 17.3 Å². The first kappa shape index (κ1) is 29.5. The summed E-state index contributed by atoms with van der Waals surface area (Å²) in [5.41, 5.74) is 8.31. The molecule has 0 unspecified atom stereocenters. The summed E-state index contributed by atoms with van der Waals surface area (Å²) in [6, 6.07) is 10.7. The van der Waals surface area contributed by atoms with Crippen LogP contribution in [-0.4, -0.2) is 42.0 Å². The predicted molar refractivity (Wildman–Crippen MR) is 135 cm³/mol. The van der Waals surface area contributed by atoms with Gasteiger partial charge < -0.3 is 15.6 Å². The number of halogens is 8. The van der Waals surface area contributed by atoms with Crippen LogP contribution < -0.4 is 11.1 Å². The number of imidazole rings is 1. The third kappa shape index (κ3) is 9.34. The van der Waals surface area contributed by atoms with E-state index in [1.165, 1.54) is 0 Å². The van der Waals surface area contributed by atoms with Crippen LogP contribution in [0.5, 0.6) is 0 Å². The fraction of sp³-hybridized carbons (Fsp3) is 0.435. The third-order valence-corrected chi connectivity index (χ3v) is 6.48. The van der Waals surface area contributed by atoms with Gasteiger partial charge in [-0.1, -0.05) is 38.3 Å². The lowest BCUT2D eigenvalue weighted by atomic mass is 9.85. The number of ether oxygens (including phenoxy) is 2. The van der Waals surface area contributed by atoms with Crippen LogP contribution in [0.3, 0.4) is 0 Å². The summed E-state index contributed by atoms with van der Waals surface area (Å²) in [5, 5.41) is 2.75. The number of anilines is 2. The molecule has 6 nitrogen and oxygen atoms in total. The van der Waals surface area contributed by atoms with Crippen LogP contribution in [0.2, 0.25) is 0 Å². The Labute approximate surface area is 225 Å². The van der Waals surface area contributed by atoms with Crippen LogP contribution >= 0.6 is 31.9 Å². The molecule has 1 saturated carbocycles. The summed E-state index contributed by atoms with van der Waals surface area (Å²) in [4.78, 5) is 4.60. The largest absolute Gasteiger partial charge is 0.522 e. The van der Waals surface area contributed by atoms with Gasteiger partial charge in [-0.2, -0.15) is 0 Å². The maximum atomic E-state index is 12.1. The molecule has 204 valence electrons. The molecule has 0 aliphatic heterocycles. The second-order valence-corrected chi connectivity index (χ2v) is 9.96. The van der Waals surface area contributed by atoms with Crippen molar-refractivity contribution in [3.8, 4) is 0 Å². The number of aromatic nitrogens is 2. The average molecular weight is 662 g/mol. The second-order valence-electron chi connectivity index (χ2n) is 8.13. The van der Waals surface area contributed by atoms with Crippen LogP contribution in [-0.2, 0) is 16.0 Å². The summed E-state index contributed by atoms with van der Waals surface area (Å²) < 4.78 is 82.4. The lowest BCUT2D eigenvalue weighted by molar-refractivity contribution is -0.325. The van der Waals surface area contributed by atoms with E-state index in [2.05, 4.69) is 51.6 Å². The molecule has 0 saturated heterocycles. The molecule has 0 radical (unpaired) electrons. The molecular formula is C23H24Br2F6N4O2. The lowest BCUT2D eigenvalue weighted by Crippen LogP contribution is -2.20. The first-order valence-electron chi connectivity index (χ1n) is 11.2. The molecule has 4 rings (SSSR count). The Morgan fingerprint density at radius 3 is 2.19 bits per heavy atom. The predicted octanol–water partition coefficient (Wildman–Crippen LogP) is 7.58. The molecule has 0 atom stereocenters. The Bertz CT molecular complexity index is 1180. The zero-order valence-electron chi connectivity index (χ0n) is 19.3. The van der Waals surface area contributed by atoms with Crippen molar-refractivity contribution in [1.29, 1.82) is 0 Å². The van der Waals surface area contributed by atoms with Crippen molar-refractivity contribution in [3.63, 3.8) is 0 Å². The summed E-state index contributed by atoms with van der Waals surface area (Å²) in [6.07, 6.45) is -5.94. The minimum absolute atomic E-state index is 0.0279. The van der Waals surface area contributed by atoms with Crippen molar-refractivity contribution in [2.45, 2.75) is 44.4 Å². The van der Waals surface area contributed by atoms with Gasteiger partial charge in [-0.3, -0.25) is 9.47 Å². The number of nitrogen functional groups attached to an aromatic ring is 1. The molecule has 1 aliphatic carbocycles. The molecule has 1 aromatic heterocycles.